The van der Waals surface area contributed by atoms with E-state index in [0.29, 0.717) is 12.3 Å². The highest BCUT2D eigenvalue weighted by atomic mass is 16.6. The van der Waals surface area contributed by atoms with E-state index in [9.17, 15) is 4.79 Å². The first-order chi connectivity index (χ1) is 7.52. The highest BCUT2D eigenvalue weighted by molar-refractivity contribution is 5.69. The van der Waals surface area contributed by atoms with Crippen molar-refractivity contribution in [3.63, 3.8) is 0 Å². The van der Waals surface area contributed by atoms with Gasteiger partial charge in [-0.25, -0.2) is 0 Å². The lowest BCUT2D eigenvalue weighted by Gasteiger charge is -2.32. The summed E-state index contributed by atoms with van der Waals surface area (Å²) in [5.41, 5.74) is -0.172. The van der Waals surface area contributed by atoms with Crippen LogP contribution in [0.1, 0.15) is 74.1 Å². The molecule has 0 atom stereocenters. The molecule has 17 heavy (non-hydrogen) atoms. The largest absolute Gasteiger partial charge is 0.460 e. The molecule has 0 saturated heterocycles. The Kier molecular flexibility index (Phi) is 6.22. The normalized spacial score (nSPS) is 12.9. The Morgan fingerprint density at radius 3 is 2.06 bits per heavy atom. The third-order valence-corrected chi connectivity index (χ3v) is 2.51. The first-order valence-corrected chi connectivity index (χ1v) is 6.74. The van der Waals surface area contributed by atoms with Crippen molar-refractivity contribution in [1.29, 1.82) is 0 Å². The van der Waals surface area contributed by atoms with Crippen LogP contribution in [-0.4, -0.2) is 11.6 Å². The first-order valence-electron chi connectivity index (χ1n) is 6.74. The molecule has 0 aliphatic rings. The van der Waals surface area contributed by atoms with E-state index in [1.165, 1.54) is 0 Å². The van der Waals surface area contributed by atoms with E-state index >= 15 is 0 Å². The van der Waals surface area contributed by atoms with Gasteiger partial charge >= 0.3 is 5.97 Å². The zero-order chi connectivity index (χ0) is 13.7. The van der Waals surface area contributed by atoms with Crippen molar-refractivity contribution in [2.75, 3.05) is 0 Å². The highest BCUT2D eigenvalue weighted by Crippen LogP contribution is 2.29. The van der Waals surface area contributed by atoms with Crippen molar-refractivity contribution in [1.82, 2.24) is 0 Å². The summed E-state index contributed by atoms with van der Waals surface area (Å²) in [6.45, 7) is 14.9. The summed E-state index contributed by atoms with van der Waals surface area (Å²) < 4.78 is 5.56. The molecule has 0 unspecified atom stereocenters. The topological polar surface area (TPSA) is 26.3 Å². The maximum atomic E-state index is 11.7. The van der Waals surface area contributed by atoms with Gasteiger partial charge in [-0.1, -0.05) is 41.0 Å². The Morgan fingerprint density at radius 1 is 1.12 bits per heavy atom. The fraction of sp³-hybridized carbons (Fsp3) is 0.933. The maximum Gasteiger partial charge on any atom is 0.306 e. The second-order valence-corrected chi connectivity index (χ2v) is 7.26. The number of carbonyl (C=O) groups excluding carboxylic acids is 1. The van der Waals surface area contributed by atoms with Crippen LogP contribution in [0.3, 0.4) is 0 Å². The minimum atomic E-state index is -0.354. The molecule has 0 heterocycles. The van der Waals surface area contributed by atoms with E-state index in [1.807, 2.05) is 13.8 Å². The summed E-state index contributed by atoms with van der Waals surface area (Å²) in [5, 5.41) is 0. The minimum absolute atomic E-state index is 0.0556. The molecule has 0 fully saturated rings. The van der Waals surface area contributed by atoms with E-state index in [0.717, 1.165) is 19.3 Å². The molecule has 0 aromatic heterocycles. The monoisotopic (exact) mass is 242 g/mol. The van der Waals surface area contributed by atoms with Gasteiger partial charge in [0, 0.05) is 6.42 Å². The maximum absolute atomic E-state index is 11.7. The summed E-state index contributed by atoms with van der Waals surface area (Å²) in [4.78, 5) is 11.7. The lowest BCUT2D eigenvalue weighted by atomic mass is 9.83. The van der Waals surface area contributed by atoms with Gasteiger partial charge in [0.15, 0.2) is 0 Å². The minimum Gasteiger partial charge on any atom is -0.460 e. The lowest BCUT2D eigenvalue weighted by Crippen LogP contribution is -2.32. The molecule has 2 nitrogen and oxygen atoms in total. The summed E-state index contributed by atoms with van der Waals surface area (Å²) >= 11 is 0. The van der Waals surface area contributed by atoms with Crippen LogP contribution in [0.25, 0.3) is 0 Å². The molecule has 0 aromatic carbocycles. The number of hydrogen-bond donors (Lipinski definition) is 0. The van der Waals surface area contributed by atoms with Crippen molar-refractivity contribution in [3.05, 3.63) is 0 Å². The van der Waals surface area contributed by atoms with Crippen molar-refractivity contribution in [2.45, 2.75) is 79.8 Å². The molecular formula is C15H30O2. The standard InChI is InChI=1S/C15H30O2/c1-12(2)9-8-10-13(16)17-15(6,7)11-14(3,4)5/h12H,8-11H2,1-7H3. The number of ether oxygens (including phenoxy) is 1. The Balaban J connectivity index is 4.01. The molecule has 0 aliphatic heterocycles. The van der Waals surface area contributed by atoms with Gasteiger partial charge in [0.25, 0.3) is 0 Å². The summed E-state index contributed by atoms with van der Waals surface area (Å²) in [5.74, 6) is 0.602. The molecule has 0 rings (SSSR count). The van der Waals surface area contributed by atoms with Crippen molar-refractivity contribution >= 4 is 5.97 Å². The third-order valence-electron chi connectivity index (χ3n) is 2.51. The molecule has 0 aromatic rings. The Hall–Kier alpha value is -0.530. The van der Waals surface area contributed by atoms with E-state index in [2.05, 4.69) is 34.6 Å². The molecule has 0 bridgehead atoms. The molecule has 2 heteroatoms. The van der Waals surface area contributed by atoms with Crippen LogP contribution in [0.5, 0.6) is 0 Å². The van der Waals surface area contributed by atoms with Gasteiger partial charge in [0.2, 0.25) is 0 Å². The van der Waals surface area contributed by atoms with E-state index in [-0.39, 0.29) is 17.0 Å². The van der Waals surface area contributed by atoms with Crippen molar-refractivity contribution in [2.24, 2.45) is 11.3 Å². The Labute approximate surface area is 107 Å². The highest BCUT2D eigenvalue weighted by Gasteiger charge is 2.28. The second-order valence-electron chi connectivity index (χ2n) is 7.26. The SMILES string of the molecule is CC(C)CCCC(=O)OC(C)(C)CC(C)(C)C. The Morgan fingerprint density at radius 2 is 1.65 bits per heavy atom. The van der Waals surface area contributed by atoms with E-state index in [1.54, 1.807) is 0 Å². The molecule has 0 amide bonds. The van der Waals surface area contributed by atoms with Gasteiger partial charge in [0.1, 0.15) is 5.60 Å². The zero-order valence-electron chi connectivity index (χ0n) is 12.7. The summed E-state index contributed by atoms with van der Waals surface area (Å²) in [6, 6.07) is 0. The molecule has 0 N–H and O–H groups in total. The van der Waals surface area contributed by atoms with Crippen LogP contribution in [0.2, 0.25) is 0 Å². The molecule has 0 radical (unpaired) electrons. The molecule has 102 valence electrons. The molecule has 0 spiro atoms. The third kappa shape index (κ3) is 10.3. The summed E-state index contributed by atoms with van der Waals surface area (Å²) in [6.07, 6.45) is 3.46. The van der Waals surface area contributed by atoms with Crippen LogP contribution in [0, 0.1) is 11.3 Å². The predicted molar refractivity (Wildman–Crippen MR) is 72.9 cm³/mol. The first kappa shape index (κ1) is 16.5. The number of hydrogen-bond acceptors (Lipinski definition) is 2. The average molecular weight is 242 g/mol. The van der Waals surface area contributed by atoms with Crippen LogP contribution in [0.4, 0.5) is 0 Å². The molecular weight excluding hydrogens is 212 g/mol. The summed E-state index contributed by atoms with van der Waals surface area (Å²) in [7, 11) is 0. The van der Waals surface area contributed by atoms with E-state index in [4.69, 9.17) is 4.74 Å². The van der Waals surface area contributed by atoms with Gasteiger partial charge in [-0.15, -0.1) is 0 Å². The fourth-order valence-corrected chi connectivity index (χ4v) is 2.33. The van der Waals surface area contributed by atoms with Gasteiger partial charge < -0.3 is 4.74 Å². The smallest absolute Gasteiger partial charge is 0.306 e. The zero-order valence-corrected chi connectivity index (χ0v) is 12.7. The molecule has 0 saturated carbocycles. The fourth-order valence-electron chi connectivity index (χ4n) is 2.33. The van der Waals surface area contributed by atoms with Gasteiger partial charge in [-0.05, 0) is 38.0 Å². The van der Waals surface area contributed by atoms with Gasteiger partial charge in [0.05, 0.1) is 0 Å². The van der Waals surface area contributed by atoms with E-state index < -0.39 is 0 Å². The lowest BCUT2D eigenvalue weighted by molar-refractivity contribution is -0.159. The van der Waals surface area contributed by atoms with Crippen molar-refractivity contribution < 1.29 is 9.53 Å². The van der Waals surface area contributed by atoms with Crippen LogP contribution in [0.15, 0.2) is 0 Å². The Bertz CT molecular complexity index is 234. The van der Waals surface area contributed by atoms with Crippen molar-refractivity contribution in [3.8, 4) is 0 Å². The second kappa shape index (κ2) is 6.42. The van der Waals surface area contributed by atoms with Gasteiger partial charge in [-0.3, -0.25) is 4.79 Å². The number of rotatable bonds is 6. The number of carbonyl (C=O) groups is 1. The van der Waals surface area contributed by atoms with Crippen LogP contribution in [-0.2, 0) is 9.53 Å². The average Bonchev–Trinajstić information content (AvgIpc) is 1.95. The van der Waals surface area contributed by atoms with Gasteiger partial charge in [-0.2, -0.15) is 0 Å². The van der Waals surface area contributed by atoms with Crippen LogP contribution < -0.4 is 0 Å². The molecule has 0 aliphatic carbocycles. The number of esters is 1. The predicted octanol–water partition coefficient (Wildman–Crippen LogP) is 4.57. The van der Waals surface area contributed by atoms with Crippen LogP contribution >= 0.6 is 0 Å². The quantitative estimate of drug-likeness (QED) is 0.638.